The van der Waals surface area contributed by atoms with Gasteiger partial charge in [-0.1, -0.05) is 6.07 Å². The lowest BCUT2D eigenvalue weighted by Gasteiger charge is -2.22. The SMILES string of the molecule is NC(=O)c1ccc(C(=O)Nc2cccc(NC(=O)[C@@H]3CC(=O)NC(=O)N3)c2)cn1. The standard InChI is InChI=1S/C18H16N6O5/c19-15(26)12-5-4-9(8-20-12)16(27)21-10-2-1-3-11(6-10)22-17(28)13-7-14(25)24-18(29)23-13/h1-6,8,13H,7H2,(H2,19,26)(H,21,27)(H,22,28)(H2,23,24,25,29)/t13-/m0/s1. The van der Waals surface area contributed by atoms with Gasteiger partial charge in [-0.15, -0.1) is 0 Å². The molecule has 0 spiro atoms. The molecule has 148 valence electrons. The van der Waals surface area contributed by atoms with Crippen molar-refractivity contribution in [2.45, 2.75) is 12.5 Å². The zero-order valence-electron chi connectivity index (χ0n) is 14.9. The molecule has 1 aliphatic rings. The van der Waals surface area contributed by atoms with E-state index in [2.05, 4.69) is 20.9 Å². The number of imide groups is 1. The van der Waals surface area contributed by atoms with Crippen LogP contribution in [0.15, 0.2) is 42.6 Å². The number of hydrogen-bond acceptors (Lipinski definition) is 6. The number of benzene rings is 1. The third-order valence-corrected chi connectivity index (χ3v) is 3.93. The van der Waals surface area contributed by atoms with E-state index < -0.39 is 35.7 Å². The molecule has 0 radical (unpaired) electrons. The van der Waals surface area contributed by atoms with E-state index in [0.29, 0.717) is 11.4 Å². The number of hydrogen-bond donors (Lipinski definition) is 5. The topological polar surface area (TPSA) is 172 Å². The van der Waals surface area contributed by atoms with Crippen molar-refractivity contribution in [3.63, 3.8) is 0 Å². The summed E-state index contributed by atoms with van der Waals surface area (Å²) in [4.78, 5) is 62.1. The molecule has 1 aromatic carbocycles. The van der Waals surface area contributed by atoms with E-state index >= 15 is 0 Å². The Labute approximate surface area is 164 Å². The van der Waals surface area contributed by atoms with Gasteiger partial charge < -0.3 is 21.7 Å². The number of carbonyl (C=O) groups is 5. The van der Waals surface area contributed by atoms with E-state index in [4.69, 9.17) is 5.73 Å². The molecular formula is C18H16N6O5. The van der Waals surface area contributed by atoms with Gasteiger partial charge in [-0.25, -0.2) is 4.79 Å². The molecule has 29 heavy (non-hydrogen) atoms. The molecule has 11 heteroatoms. The fourth-order valence-corrected chi connectivity index (χ4v) is 2.55. The van der Waals surface area contributed by atoms with Crippen molar-refractivity contribution in [1.82, 2.24) is 15.6 Å². The smallest absolute Gasteiger partial charge is 0.322 e. The van der Waals surface area contributed by atoms with Crippen molar-refractivity contribution in [2.24, 2.45) is 5.73 Å². The third kappa shape index (κ3) is 4.91. The van der Waals surface area contributed by atoms with Crippen LogP contribution in [0.2, 0.25) is 0 Å². The van der Waals surface area contributed by atoms with Gasteiger partial charge in [-0.2, -0.15) is 0 Å². The predicted octanol–water partition coefficient (Wildman–Crippen LogP) is -0.0306. The number of amides is 6. The number of nitrogens with zero attached hydrogens (tertiary/aromatic N) is 1. The highest BCUT2D eigenvalue weighted by Crippen LogP contribution is 2.17. The number of primary amides is 1. The summed E-state index contributed by atoms with van der Waals surface area (Å²) in [5.41, 5.74) is 6.10. The van der Waals surface area contributed by atoms with Crippen LogP contribution < -0.4 is 27.0 Å². The molecule has 6 N–H and O–H groups in total. The summed E-state index contributed by atoms with van der Waals surface area (Å²) in [6.45, 7) is 0. The highest BCUT2D eigenvalue weighted by Gasteiger charge is 2.29. The number of pyridine rings is 1. The average Bonchev–Trinajstić information content (AvgIpc) is 2.67. The third-order valence-electron chi connectivity index (χ3n) is 3.93. The molecule has 0 saturated carbocycles. The monoisotopic (exact) mass is 396 g/mol. The van der Waals surface area contributed by atoms with Gasteiger partial charge in [0, 0.05) is 17.6 Å². The number of urea groups is 1. The van der Waals surface area contributed by atoms with Crippen molar-refractivity contribution in [2.75, 3.05) is 10.6 Å². The maximum atomic E-state index is 12.3. The van der Waals surface area contributed by atoms with Gasteiger partial charge in [0.2, 0.25) is 11.8 Å². The summed E-state index contributed by atoms with van der Waals surface area (Å²) in [6.07, 6.45) is 1.04. The minimum atomic E-state index is -0.996. The Morgan fingerprint density at radius 2 is 1.79 bits per heavy atom. The largest absolute Gasteiger partial charge is 0.364 e. The zero-order valence-corrected chi connectivity index (χ0v) is 14.9. The van der Waals surface area contributed by atoms with Crippen LogP contribution in [-0.4, -0.2) is 40.7 Å². The Balaban J connectivity index is 1.65. The zero-order chi connectivity index (χ0) is 21.0. The van der Waals surface area contributed by atoms with Crippen molar-refractivity contribution in [3.8, 4) is 0 Å². The molecular weight excluding hydrogens is 380 g/mol. The molecule has 1 atom stereocenters. The van der Waals surface area contributed by atoms with E-state index in [1.165, 1.54) is 24.4 Å². The first-order valence-electron chi connectivity index (χ1n) is 8.40. The van der Waals surface area contributed by atoms with Crippen molar-refractivity contribution in [1.29, 1.82) is 0 Å². The minimum absolute atomic E-state index is 0.0368. The summed E-state index contributed by atoms with van der Waals surface area (Å²) in [7, 11) is 0. The molecule has 2 aromatic rings. The fourth-order valence-electron chi connectivity index (χ4n) is 2.55. The molecule has 0 unspecified atom stereocenters. The average molecular weight is 396 g/mol. The summed E-state index contributed by atoms with van der Waals surface area (Å²) in [5.74, 6) is -2.30. The highest BCUT2D eigenvalue weighted by atomic mass is 16.2. The lowest BCUT2D eigenvalue weighted by molar-refractivity contribution is -0.126. The second-order valence-electron chi connectivity index (χ2n) is 6.10. The van der Waals surface area contributed by atoms with E-state index in [1.807, 2.05) is 5.32 Å². The summed E-state index contributed by atoms with van der Waals surface area (Å²) < 4.78 is 0. The minimum Gasteiger partial charge on any atom is -0.364 e. The fraction of sp³-hybridized carbons (Fsp3) is 0.111. The van der Waals surface area contributed by atoms with Crippen LogP contribution in [0.4, 0.5) is 16.2 Å². The first-order valence-corrected chi connectivity index (χ1v) is 8.40. The van der Waals surface area contributed by atoms with Gasteiger partial charge >= 0.3 is 6.03 Å². The summed E-state index contributed by atoms with van der Waals surface area (Å²) in [5, 5.41) is 9.60. The lowest BCUT2D eigenvalue weighted by atomic mass is 10.1. The number of aromatic nitrogens is 1. The number of nitrogens with one attached hydrogen (secondary N) is 4. The van der Waals surface area contributed by atoms with Gasteiger partial charge in [0.25, 0.3) is 11.8 Å². The van der Waals surface area contributed by atoms with Gasteiger partial charge in [0.1, 0.15) is 11.7 Å². The van der Waals surface area contributed by atoms with Gasteiger partial charge in [-0.3, -0.25) is 29.5 Å². The normalized spacial score (nSPS) is 15.7. The Morgan fingerprint density at radius 1 is 1.07 bits per heavy atom. The van der Waals surface area contributed by atoms with Crippen molar-refractivity contribution in [3.05, 3.63) is 53.9 Å². The highest BCUT2D eigenvalue weighted by molar-refractivity contribution is 6.07. The van der Waals surface area contributed by atoms with Crippen LogP contribution in [-0.2, 0) is 9.59 Å². The van der Waals surface area contributed by atoms with E-state index in [9.17, 15) is 24.0 Å². The van der Waals surface area contributed by atoms with Gasteiger partial charge in [0.05, 0.1) is 12.0 Å². The Kier molecular flexibility index (Phi) is 5.49. The maximum Gasteiger partial charge on any atom is 0.322 e. The van der Waals surface area contributed by atoms with Crippen LogP contribution in [0.5, 0.6) is 0 Å². The molecule has 0 aliphatic carbocycles. The van der Waals surface area contributed by atoms with Crippen LogP contribution in [0.25, 0.3) is 0 Å². The molecule has 2 heterocycles. The lowest BCUT2D eigenvalue weighted by Crippen LogP contribution is -2.56. The predicted molar refractivity (Wildman–Crippen MR) is 101 cm³/mol. The number of anilines is 2. The van der Waals surface area contributed by atoms with E-state index in [1.54, 1.807) is 18.2 Å². The van der Waals surface area contributed by atoms with Gasteiger partial charge in [-0.05, 0) is 30.3 Å². The van der Waals surface area contributed by atoms with Crippen molar-refractivity contribution >= 4 is 41.0 Å². The quantitative estimate of drug-likeness (QED) is 0.475. The molecule has 3 rings (SSSR count). The van der Waals surface area contributed by atoms with E-state index in [-0.39, 0.29) is 17.7 Å². The summed E-state index contributed by atoms with van der Waals surface area (Å²) in [6, 6.07) is 7.31. The number of carbonyl (C=O) groups excluding carboxylic acids is 5. The van der Waals surface area contributed by atoms with Crippen LogP contribution in [0.1, 0.15) is 27.3 Å². The first-order chi connectivity index (χ1) is 13.8. The summed E-state index contributed by atoms with van der Waals surface area (Å²) >= 11 is 0. The van der Waals surface area contributed by atoms with Gasteiger partial charge in [0.15, 0.2) is 0 Å². The Morgan fingerprint density at radius 3 is 2.41 bits per heavy atom. The molecule has 1 saturated heterocycles. The molecule has 6 amide bonds. The van der Waals surface area contributed by atoms with Crippen LogP contribution in [0.3, 0.4) is 0 Å². The molecule has 0 bridgehead atoms. The maximum absolute atomic E-state index is 12.3. The molecule has 1 fully saturated rings. The Hall–Kier alpha value is -4.28. The number of nitrogens with two attached hydrogens (primary N) is 1. The number of rotatable bonds is 5. The first kappa shape index (κ1) is 19.5. The van der Waals surface area contributed by atoms with Crippen molar-refractivity contribution < 1.29 is 24.0 Å². The van der Waals surface area contributed by atoms with E-state index in [0.717, 1.165) is 0 Å². The Bertz CT molecular complexity index is 988. The van der Waals surface area contributed by atoms with Crippen LogP contribution >= 0.6 is 0 Å². The molecule has 11 nitrogen and oxygen atoms in total. The second kappa shape index (κ2) is 8.17. The molecule has 1 aliphatic heterocycles. The van der Waals surface area contributed by atoms with Crippen LogP contribution in [0, 0.1) is 0 Å². The molecule has 1 aromatic heterocycles. The second-order valence-corrected chi connectivity index (χ2v) is 6.10.